The average molecular weight is 231 g/mol. The van der Waals surface area contributed by atoms with Gasteiger partial charge in [-0.3, -0.25) is 4.79 Å². The van der Waals surface area contributed by atoms with Gasteiger partial charge in [0.05, 0.1) is 12.0 Å². The molecule has 2 aliphatic rings. The quantitative estimate of drug-likeness (QED) is 0.777. The Labute approximate surface area is 101 Å². The minimum atomic E-state index is -0.285. The number of benzene rings is 1. The lowest BCUT2D eigenvalue weighted by Gasteiger charge is -2.22. The van der Waals surface area contributed by atoms with E-state index in [9.17, 15) is 4.79 Å². The monoisotopic (exact) mass is 231 g/mol. The van der Waals surface area contributed by atoms with Gasteiger partial charge in [0.1, 0.15) is 6.23 Å². The molecule has 0 spiro atoms. The van der Waals surface area contributed by atoms with Gasteiger partial charge in [0.25, 0.3) is 0 Å². The number of fused-ring (bicyclic) bond motifs is 1. The Balaban J connectivity index is 1.81. The van der Waals surface area contributed by atoms with Crippen molar-refractivity contribution in [3.05, 3.63) is 35.9 Å². The minimum Gasteiger partial charge on any atom is -0.356 e. The van der Waals surface area contributed by atoms with Crippen molar-refractivity contribution in [2.45, 2.75) is 26.0 Å². The Kier molecular flexibility index (Phi) is 2.44. The lowest BCUT2D eigenvalue weighted by molar-refractivity contribution is -0.136. The van der Waals surface area contributed by atoms with Crippen molar-refractivity contribution in [3.8, 4) is 0 Å². The van der Waals surface area contributed by atoms with Crippen molar-refractivity contribution in [3.63, 3.8) is 0 Å². The molecule has 3 nitrogen and oxygen atoms in total. The predicted molar refractivity (Wildman–Crippen MR) is 64.3 cm³/mol. The molecule has 0 unspecified atom stereocenters. The smallest absolute Gasteiger partial charge is 0.231 e. The van der Waals surface area contributed by atoms with Crippen molar-refractivity contribution < 1.29 is 9.53 Å². The second-order valence-electron chi connectivity index (χ2n) is 5.25. The van der Waals surface area contributed by atoms with Gasteiger partial charge in [0.15, 0.2) is 0 Å². The Hall–Kier alpha value is -1.35. The lowest BCUT2D eigenvalue weighted by atomic mass is 9.82. The number of amides is 1. The zero-order chi connectivity index (χ0) is 11.9. The van der Waals surface area contributed by atoms with Gasteiger partial charge in [-0.1, -0.05) is 37.3 Å². The van der Waals surface area contributed by atoms with E-state index < -0.39 is 0 Å². The van der Waals surface area contributed by atoms with E-state index in [4.69, 9.17) is 4.74 Å². The summed E-state index contributed by atoms with van der Waals surface area (Å²) in [6.45, 7) is 3.51. The standard InChI is InChI=1S/C14H17NO2/c1-14(9-11-5-3-2-4-6-11)10-12-15(13(14)16)7-8-17-12/h2-6,12H,7-10H2,1H3/t12-,14+/m1/s1. The molecule has 17 heavy (non-hydrogen) atoms. The molecule has 0 aromatic heterocycles. The fraction of sp³-hybridized carbons (Fsp3) is 0.500. The van der Waals surface area contributed by atoms with Crippen LogP contribution in [0.4, 0.5) is 0 Å². The second kappa shape index (κ2) is 3.84. The van der Waals surface area contributed by atoms with Crippen LogP contribution in [-0.2, 0) is 16.0 Å². The van der Waals surface area contributed by atoms with Crippen molar-refractivity contribution in [2.75, 3.05) is 13.2 Å². The van der Waals surface area contributed by atoms with Crippen molar-refractivity contribution in [1.29, 1.82) is 0 Å². The van der Waals surface area contributed by atoms with Gasteiger partial charge in [-0.2, -0.15) is 0 Å². The Morgan fingerprint density at radius 3 is 2.88 bits per heavy atom. The zero-order valence-electron chi connectivity index (χ0n) is 10.1. The van der Waals surface area contributed by atoms with E-state index in [-0.39, 0.29) is 17.6 Å². The molecule has 2 heterocycles. The van der Waals surface area contributed by atoms with E-state index >= 15 is 0 Å². The number of carbonyl (C=O) groups excluding carboxylic acids is 1. The molecule has 2 atom stereocenters. The Morgan fingerprint density at radius 1 is 1.41 bits per heavy atom. The zero-order valence-corrected chi connectivity index (χ0v) is 10.1. The molecule has 90 valence electrons. The summed E-state index contributed by atoms with van der Waals surface area (Å²) in [5, 5.41) is 0. The number of hydrogen-bond donors (Lipinski definition) is 0. The number of carbonyl (C=O) groups is 1. The summed E-state index contributed by atoms with van der Waals surface area (Å²) in [4.78, 5) is 14.3. The third-order valence-corrected chi connectivity index (χ3v) is 3.83. The van der Waals surface area contributed by atoms with Gasteiger partial charge in [-0.15, -0.1) is 0 Å². The fourth-order valence-corrected chi connectivity index (χ4v) is 2.94. The van der Waals surface area contributed by atoms with E-state index in [0.29, 0.717) is 6.61 Å². The maximum Gasteiger partial charge on any atom is 0.231 e. The molecular weight excluding hydrogens is 214 g/mol. The Morgan fingerprint density at radius 2 is 2.18 bits per heavy atom. The van der Waals surface area contributed by atoms with Crippen LogP contribution in [0.5, 0.6) is 0 Å². The van der Waals surface area contributed by atoms with Crippen molar-refractivity contribution in [2.24, 2.45) is 5.41 Å². The van der Waals surface area contributed by atoms with Crippen LogP contribution in [0.15, 0.2) is 30.3 Å². The molecule has 0 bridgehead atoms. The van der Waals surface area contributed by atoms with E-state index in [1.807, 2.05) is 23.1 Å². The van der Waals surface area contributed by atoms with Crippen LogP contribution in [0.2, 0.25) is 0 Å². The molecule has 2 fully saturated rings. The molecule has 0 saturated carbocycles. The van der Waals surface area contributed by atoms with Crippen LogP contribution in [0.3, 0.4) is 0 Å². The predicted octanol–water partition coefficient (Wildman–Crippen LogP) is 1.82. The summed E-state index contributed by atoms with van der Waals surface area (Å²) in [6.07, 6.45) is 1.65. The topological polar surface area (TPSA) is 29.5 Å². The van der Waals surface area contributed by atoms with E-state index in [1.54, 1.807) is 0 Å². The third-order valence-electron chi connectivity index (χ3n) is 3.83. The van der Waals surface area contributed by atoms with Crippen molar-refractivity contribution in [1.82, 2.24) is 4.90 Å². The summed E-state index contributed by atoms with van der Waals surface area (Å²) in [5.41, 5.74) is 0.941. The van der Waals surface area contributed by atoms with Gasteiger partial charge >= 0.3 is 0 Å². The van der Waals surface area contributed by atoms with E-state index in [1.165, 1.54) is 5.56 Å². The van der Waals surface area contributed by atoms with Crippen molar-refractivity contribution >= 4 is 5.91 Å². The molecule has 1 aromatic rings. The van der Waals surface area contributed by atoms with Crippen LogP contribution >= 0.6 is 0 Å². The average Bonchev–Trinajstić information content (AvgIpc) is 2.84. The first kappa shape index (κ1) is 10.8. The normalized spacial score (nSPS) is 31.9. The van der Waals surface area contributed by atoms with Crippen LogP contribution in [0, 0.1) is 5.41 Å². The number of hydrogen-bond acceptors (Lipinski definition) is 2. The van der Waals surface area contributed by atoms with Crippen LogP contribution in [-0.4, -0.2) is 30.2 Å². The summed E-state index contributed by atoms with van der Waals surface area (Å²) in [7, 11) is 0. The van der Waals surface area contributed by atoms with E-state index in [2.05, 4.69) is 19.1 Å². The van der Waals surface area contributed by atoms with E-state index in [0.717, 1.165) is 19.4 Å². The fourth-order valence-electron chi connectivity index (χ4n) is 2.94. The summed E-state index contributed by atoms with van der Waals surface area (Å²) in [5.74, 6) is 0.254. The largest absolute Gasteiger partial charge is 0.356 e. The van der Waals surface area contributed by atoms with Gasteiger partial charge in [-0.25, -0.2) is 0 Å². The van der Waals surface area contributed by atoms with Gasteiger partial charge in [-0.05, 0) is 12.0 Å². The van der Waals surface area contributed by atoms with Gasteiger partial charge in [0, 0.05) is 13.0 Å². The minimum absolute atomic E-state index is 0.0243. The molecule has 3 rings (SSSR count). The summed E-state index contributed by atoms with van der Waals surface area (Å²) < 4.78 is 5.59. The van der Waals surface area contributed by atoms with Crippen LogP contribution in [0.1, 0.15) is 18.9 Å². The SMILES string of the molecule is C[C@]1(Cc2ccccc2)C[C@H]2OCCN2C1=O. The highest BCUT2D eigenvalue weighted by Crippen LogP contribution is 2.40. The summed E-state index contributed by atoms with van der Waals surface area (Å²) >= 11 is 0. The third kappa shape index (κ3) is 1.75. The van der Waals surface area contributed by atoms with Crippen LogP contribution < -0.4 is 0 Å². The first-order valence-electron chi connectivity index (χ1n) is 6.16. The first-order valence-corrected chi connectivity index (χ1v) is 6.16. The van der Waals surface area contributed by atoms with Gasteiger partial charge < -0.3 is 9.64 Å². The molecule has 1 amide bonds. The lowest BCUT2D eigenvalue weighted by Crippen LogP contribution is -2.34. The number of rotatable bonds is 2. The molecule has 1 aromatic carbocycles. The molecular formula is C14H17NO2. The second-order valence-corrected chi connectivity index (χ2v) is 5.25. The Bertz CT molecular complexity index is 431. The molecule has 3 heteroatoms. The highest BCUT2D eigenvalue weighted by atomic mass is 16.5. The number of nitrogens with zero attached hydrogens (tertiary/aromatic N) is 1. The highest BCUT2D eigenvalue weighted by molar-refractivity contribution is 5.85. The maximum atomic E-state index is 12.4. The molecule has 2 aliphatic heterocycles. The van der Waals surface area contributed by atoms with Crippen LogP contribution in [0.25, 0.3) is 0 Å². The molecule has 0 radical (unpaired) electrons. The first-order chi connectivity index (χ1) is 8.19. The highest BCUT2D eigenvalue weighted by Gasteiger charge is 2.50. The number of ether oxygens (including phenoxy) is 1. The summed E-state index contributed by atoms with van der Waals surface area (Å²) in [6, 6.07) is 10.2. The molecule has 2 saturated heterocycles. The molecule has 0 N–H and O–H groups in total. The maximum absolute atomic E-state index is 12.4. The molecule has 0 aliphatic carbocycles. The van der Waals surface area contributed by atoms with Gasteiger partial charge in [0.2, 0.25) is 5.91 Å².